The first kappa shape index (κ1) is 13.5. The van der Waals surface area contributed by atoms with Gasteiger partial charge < -0.3 is 10.1 Å². The Hall–Kier alpha value is -0.570. The molecule has 2 atom stereocenters. The van der Waals surface area contributed by atoms with Crippen molar-refractivity contribution in [1.29, 1.82) is 0 Å². The molecule has 3 nitrogen and oxygen atoms in total. The zero-order valence-corrected chi connectivity index (χ0v) is 11.2. The van der Waals surface area contributed by atoms with Gasteiger partial charge in [0.25, 0.3) is 0 Å². The van der Waals surface area contributed by atoms with E-state index in [1.165, 1.54) is 0 Å². The van der Waals surface area contributed by atoms with E-state index in [4.69, 9.17) is 4.74 Å². The lowest BCUT2D eigenvalue weighted by Gasteiger charge is -2.25. The van der Waals surface area contributed by atoms with Crippen LogP contribution in [0.2, 0.25) is 0 Å². The van der Waals surface area contributed by atoms with E-state index >= 15 is 0 Å². The van der Waals surface area contributed by atoms with Crippen LogP contribution in [0.25, 0.3) is 0 Å². The minimum atomic E-state index is -0.385. The molecule has 0 aromatic rings. The fourth-order valence-electron chi connectivity index (χ4n) is 2.26. The SMILES string of the molecule is CC(C)CC1CCNC1C(=O)OC(C)(C)C. The van der Waals surface area contributed by atoms with Gasteiger partial charge in [0.2, 0.25) is 0 Å². The molecule has 0 aromatic carbocycles. The van der Waals surface area contributed by atoms with Gasteiger partial charge in [-0.05, 0) is 52.0 Å². The average molecular weight is 227 g/mol. The van der Waals surface area contributed by atoms with Gasteiger partial charge in [0.15, 0.2) is 0 Å². The maximum Gasteiger partial charge on any atom is 0.323 e. The predicted molar refractivity (Wildman–Crippen MR) is 65.2 cm³/mol. The molecule has 2 unspecified atom stereocenters. The molecule has 1 heterocycles. The number of carbonyl (C=O) groups is 1. The van der Waals surface area contributed by atoms with Crippen molar-refractivity contribution in [3.8, 4) is 0 Å². The largest absolute Gasteiger partial charge is 0.459 e. The molecule has 0 saturated carbocycles. The van der Waals surface area contributed by atoms with Gasteiger partial charge in [-0.1, -0.05) is 13.8 Å². The lowest BCUT2D eigenvalue weighted by Crippen LogP contribution is -2.41. The van der Waals surface area contributed by atoms with Crippen LogP contribution in [0, 0.1) is 11.8 Å². The number of hydrogen-bond donors (Lipinski definition) is 1. The molecule has 0 spiro atoms. The smallest absolute Gasteiger partial charge is 0.323 e. The van der Waals surface area contributed by atoms with Crippen molar-refractivity contribution >= 4 is 5.97 Å². The van der Waals surface area contributed by atoms with Crippen LogP contribution in [0.5, 0.6) is 0 Å². The summed E-state index contributed by atoms with van der Waals surface area (Å²) in [6, 6.07) is -0.0957. The number of carbonyl (C=O) groups excluding carboxylic acids is 1. The number of nitrogens with one attached hydrogen (secondary N) is 1. The molecule has 0 bridgehead atoms. The van der Waals surface area contributed by atoms with Crippen molar-refractivity contribution in [2.45, 2.75) is 59.1 Å². The summed E-state index contributed by atoms with van der Waals surface area (Å²) in [4.78, 5) is 12.0. The van der Waals surface area contributed by atoms with E-state index in [1.807, 2.05) is 20.8 Å². The lowest BCUT2D eigenvalue weighted by atomic mass is 9.91. The Morgan fingerprint density at radius 3 is 2.56 bits per heavy atom. The number of rotatable bonds is 3. The summed E-state index contributed by atoms with van der Waals surface area (Å²) >= 11 is 0. The van der Waals surface area contributed by atoms with E-state index in [2.05, 4.69) is 19.2 Å². The molecule has 1 N–H and O–H groups in total. The highest BCUT2D eigenvalue weighted by atomic mass is 16.6. The fraction of sp³-hybridized carbons (Fsp3) is 0.923. The van der Waals surface area contributed by atoms with Gasteiger partial charge in [0.1, 0.15) is 11.6 Å². The van der Waals surface area contributed by atoms with Crippen LogP contribution in [0.3, 0.4) is 0 Å². The summed E-state index contributed by atoms with van der Waals surface area (Å²) in [7, 11) is 0. The molecule has 1 aliphatic rings. The van der Waals surface area contributed by atoms with Crippen molar-refractivity contribution < 1.29 is 9.53 Å². The Kier molecular flexibility index (Phi) is 4.36. The molecule has 0 radical (unpaired) electrons. The number of ether oxygens (including phenoxy) is 1. The van der Waals surface area contributed by atoms with Crippen LogP contribution in [0.1, 0.15) is 47.5 Å². The highest BCUT2D eigenvalue weighted by Crippen LogP contribution is 2.25. The lowest BCUT2D eigenvalue weighted by molar-refractivity contribution is -0.158. The van der Waals surface area contributed by atoms with E-state index in [-0.39, 0.29) is 17.6 Å². The molecule has 0 aliphatic carbocycles. The first-order chi connectivity index (χ1) is 7.29. The van der Waals surface area contributed by atoms with Crippen LogP contribution in [0.15, 0.2) is 0 Å². The van der Waals surface area contributed by atoms with E-state index in [0.717, 1.165) is 19.4 Å². The molecule has 0 aromatic heterocycles. The van der Waals surface area contributed by atoms with Crippen molar-refractivity contribution in [3.63, 3.8) is 0 Å². The maximum absolute atomic E-state index is 12.0. The molecule has 1 fully saturated rings. The highest BCUT2D eigenvalue weighted by Gasteiger charge is 2.35. The Balaban J connectivity index is 2.54. The summed E-state index contributed by atoms with van der Waals surface area (Å²) < 4.78 is 5.43. The zero-order valence-electron chi connectivity index (χ0n) is 11.2. The maximum atomic E-state index is 12.0. The van der Waals surface area contributed by atoms with Crippen molar-refractivity contribution in [3.05, 3.63) is 0 Å². The topological polar surface area (TPSA) is 38.3 Å². The number of hydrogen-bond acceptors (Lipinski definition) is 3. The van der Waals surface area contributed by atoms with Gasteiger partial charge in [0, 0.05) is 0 Å². The van der Waals surface area contributed by atoms with Gasteiger partial charge in [-0.15, -0.1) is 0 Å². The van der Waals surface area contributed by atoms with Crippen molar-refractivity contribution in [2.24, 2.45) is 11.8 Å². The fourth-order valence-corrected chi connectivity index (χ4v) is 2.26. The second-order valence-corrected chi connectivity index (χ2v) is 6.14. The molecular formula is C13H25NO2. The van der Waals surface area contributed by atoms with Crippen LogP contribution >= 0.6 is 0 Å². The third-order valence-corrected chi connectivity index (χ3v) is 2.79. The molecule has 1 saturated heterocycles. The molecule has 0 amide bonds. The summed E-state index contributed by atoms with van der Waals surface area (Å²) in [5.41, 5.74) is -0.385. The van der Waals surface area contributed by atoms with Gasteiger partial charge >= 0.3 is 5.97 Å². The molecule has 16 heavy (non-hydrogen) atoms. The summed E-state index contributed by atoms with van der Waals surface area (Å²) in [5, 5.41) is 3.26. The average Bonchev–Trinajstić information content (AvgIpc) is 2.47. The Morgan fingerprint density at radius 2 is 2.06 bits per heavy atom. The highest BCUT2D eigenvalue weighted by molar-refractivity contribution is 5.77. The summed E-state index contributed by atoms with van der Waals surface area (Å²) in [5.74, 6) is 0.986. The quantitative estimate of drug-likeness (QED) is 0.752. The molecule has 1 aliphatic heterocycles. The van der Waals surface area contributed by atoms with Crippen LogP contribution in [-0.4, -0.2) is 24.2 Å². The van der Waals surface area contributed by atoms with E-state index in [9.17, 15) is 4.79 Å². The van der Waals surface area contributed by atoms with Crippen LogP contribution in [0.4, 0.5) is 0 Å². The van der Waals surface area contributed by atoms with E-state index < -0.39 is 0 Å². The second kappa shape index (κ2) is 5.17. The van der Waals surface area contributed by atoms with E-state index in [0.29, 0.717) is 11.8 Å². The number of esters is 1. The Bertz CT molecular complexity index is 243. The Labute approximate surface area is 98.9 Å². The molecular weight excluding hydrogens is 202 g/mol. The predicted octanol–water partition coefficient (Wildman–Crippen LogP) is 2.35. The van der Waals surface area contributed by atoms with Crippen LogP contribution in [-0.2, 0) is 9.53 Å². The van der Waals surface area contributed by atoms with Gasteiger partial charge in [0.05, 0.1) is 0 Å². The minimum absolute atomic E-state index is 0.0874. The monoisotopic (exact) mass is 227 g/mol. The molecule has 1 rings (SSSR count). The molecule has 94 valence electrons. The van der Waals surface area contributed by atoms with Crippen molar-refractivity contribution in [1.82, 2.24) is 5.32 Å². The van der Waals surface area contributed by atoms with Crippen molar-refractivity contribution in [2.75, 3.05) is 6.54 Å². The van der Waals surface area contributed by atoms with Gasteiger partial charge in [-0.25, -0.2) is 0 Å². The summed E-state index contributed by atoms with van der Waals surface area (Å²) in [6.07, 6.45) is 2.18. The summed E-state index contributed by atoms with van der Waals surface area (Å²) in [6.45, 7) is 11.1. The minimum Gasteiger partial charge on any atom is -0.459 e. The normalized spacial score (nSPS) is 26.1. The standard InChI is InChI=1S/C13H25NO2/c1-9(2)8-10-6-7-14-11(10)12(15)16-13(3,4)5/h9-11,14H,6-8H2,1-5H3. The third kappa shape index (κ3) is 4.12. The van der Waals surface area contributed by atoms with Crippen LogP contribution < -0.4 is 5.32 Å². The first-order valence-corrected chi connectivity index (χ1v) is 6.26. The van der Waals surface area contributed by atoms with Gasteiger partial charge in [-0.3, -0.25) is 4.79 Å². The second-order valence-electron chi connectivity index (χ2n) is 6.14. The third-order valence-electron chi connectivity index (χ3n) is 2.79. The first-order valence-electron chi connectivity index (χ1n) is 6.26. The zero-order chi connectivity index (χ0) is 12.3. The van der Waals surface area contributed by atoms with Gasteiger partial charge in [-0.2, -0.15) is 0 Å². The molecule has 3 heteroatoms. The van der Waals surface area contributed by atoms with E-state index in [1.54, 1.807) is 0 Å². The Morgan fingerprint density at radius 1 is 1.44 bits per heavy atom.